The van der Waals surface area contributed by atoms with E-state index in [0.29, 0.717) is 19.3 Å². The summed E-state index contributed by atoms with van der Waals surface area (Å²) in [5, 5.41) is 0.869. The van der Waals surface area contributed by atoms with Crippen LogP contribution in [-0.4, -0.2) is 11.1 Å². The zero-order valence-electron chi connectivity index (χ0n) is 9.43. The third-order valence-electron chi connectivity index (χ3n) is 2.57. The molecule has 0 aliphatic heterocycles. The molecule has 1 nitrogen and oxygen atoms in total. The van der Waals surface area contributed by atoms with E-state index in [9.17, 15) is 9.18 Å². The second kappa shape index (κ2) is 6.79. The second-order valence-electron chi connectivity index (χ2n) is 3.90. The summed E-state index contributed by atoms with van der Waals surface area (Å²) in [4.78, 5) is 11.5. The van der Waals surface area contributed by atoms with Crippen molar-refractivity contribution in [1.82, 2.24) is 0 Å². The zero-order valence-corrected chi connectivity index (χ0v) is 11.0. The zero-order chi connectivity index (χ0) is 12.0. The SMILES string of the molecule is Cc1cc(F)ccc1CCC(=O)CCCBr. The van der Waals surface area contributed by atoms with Gasteiger partial charge in [0.15, 0.2) is 0 Å². The van der Waals surface area contributed by atoms with Gasteiger partial charge in [-0.25, -0.2) is 4.39 Å². The van der Waals surface area contributed by atoms with Gasteiger partial charge in [-0.15, -0.1) is 0 Å². The van der Waals surface area contributed by atoms with Crippen molar-refractivity contribution in [3.63, 3.8) is 0 Å². The number of benzene rings is 1. The molecular formula is C13H16BrFO. The maximum absolute atomic E-state index is 12.8. The fraction of sp³-hybridized carbons (Fsp3) is 0.462. The Kier molecular flexibility index (Phi) is 5.67. The highest BCUT2D eigenvalue weighted by Gasteiger charge is 2.04. The molecule has 0 saturated heterocycles. The summed E-state index contributed by atoms with van der Waals surface area (Å²) >= 11 is 3.30. The Morgan fingerprint density at radius 3 is 2.75 bits per heavy atom. The van der Waals surface area contributed by atoms with Gasteiger partial charge in [0.05, 0.1) is 0 Å². The van der Waals surface area contributed by atoms with Gasteiger partial charge >= 0.3 is 0 Å². The van der Waals surface area contributed by atoms with Gasteiger partial charge < -0.3 is 0 Å². The third kappa shape index (κ3) is 4.44. The van der Waals surface area contributed by atoms with E-state index in [2.05, 4.69) is 15.9 Å². The molecule has 0 unspecified atom stereocenters. The second-order valence-corrected chi connectivity index (χ2v) is 4.70. The van der Waals surface area contributed by atoms with Crippen molar-refractivity contribution in [3.8, 4) is 0 Å². The number of hydrogen-bond donors (Lipinski definition) is 0. The van der Waals surface area contributed by atoms with Crippen LogP contribution in [0.15, 0.2) is 18.2 Å². The highest BCUT2D eigenvalue weighted by atomic mass is 79.9. The molecule has 0 bridgehead atoms. The number of halogens is 2. The van der Waals surface area contributed by atoms with Crippen molar-refractivity contribution in [2.24, 2.45) is 0 Å². The van der Waals surface area contributed by atoms with Crippen molar-refractivity contribution < 1.29 is 9.18 Å². The predicted octanol–water partition coefficient (Wildman–Crippen LogP) is 3.81. The van der Waals surface area contributed by atoms with Crippen LogP contribution in [0, 0.1) is 12.7 Å². The molecule has 0 atom stereocenters. The normalized spacial score (nSPS) is 10.4. The number of ketones is 1. The average molecular weight is 287 g/mol. The lowest BCUT2D eigenvalue weighted by Gasteiger charge is -2.05. The molecule has 0 N–H and O–H groups in total. The summed E-state index contributed by atoms with van der Waals surface area (Å²) in [5.41, 5.74) is 1.99. The van der Waals surface area contributed by atoms with Crippen LogP contribution >= 0.6 is 15.9 Å². The van der Waals surface area contributed by atoms with Crippen molar-refractivity contribution >= 4 is 21.7 Å². The molecule has 1 aromatic rings. The van der Waals surface area contributed by atoms with Gasteiger partial charge in [0.2, 0.25) is 0 Å². The Bertz CT molecular complexity index is 363. The molecule has 3 heteroatoms. The van der Waals surface area contributed by atoms with E-state index in [4.69, 9.17) is 0 Å². The Morgan fingerprint density at radius 2 is 2.12 bits per heavy atom. The first kappa shape index (κ1) is 13.4. The smallest absolute Gasteiger partial charge is 0.133 e. The van der Waals surface area contributed by atoms with Crippen molar-refractivity contribution in [2.45, 2.75) is 32.6 Å². The van der Waals surface area contributed by atoms with Crippen LogP contribution in [0.25, 0.3) is 0 Å². The summed E-state index contributed by atoms with van der Waals surface area (Å²) < 4.78 is 12.8. The first-order valence-electron chi connectivity index (χ1n) is 5.46. The molecule has 0 radical (unpaired) electrons. The van der Waals surface area contributed by atoms with Gasteiger partial charge in [-0.3, -0.25) is 4.79 Å². The highest BCUT2D eigenvalue weighted by molar-refractivity contribution is 9.09. The van der Waals surface area contributed by atoms with E-state index >= 15 is 0 Å². The molecule has 0 aliphatic rings. The number of carbonyl (C=O) groups excluding carboxylic acids is 1. The third-order valence-corrected chi connectivity index (χ3v) is 3.13. The van der Waals surface area contributed by atoms with Gasteiger partial charge in [-0.1, -0.05) is 22.0 Å². The van der Waals surface area contributed by atoms with E-state index < -0.39 is 0 Å². The molecule has 0 heterocycles. The number of carbonyl (C=O) groups is 1. The fourth-order valence-corrected chi connectivity index (χ4v) is 1.88. The van der Waals surface area contributed by atoms with E-state index in [1.165, 1.54) is 12.1 Å². The molecule has 1 rings (SSSR count). The molecule has 0 spiro atoms. The summed E-state index contributed by atoms with van der Waals surface area (Å²) in [6, 6.07) is 4.73. The Hall–Kier alpha value is -0.700. The molecule has 0 aliphatic carbocycles. The van der Waals surface area contributed by atoms with Gasteiger partial charge in [0.1, 0.15) is 11.6 Å². The summed E-state index contributed by atoms with van der Waals surface area (Å²) in [6.45, 7) is 1.88. The molecule has 1 aromatic carbocycles. The van der Waals surface area contributed by atoms with E-state index in [1.54, 1.807) is 6.07 Å². The number of aryl methyl sites for hydroxylation is 2. The number of rotatable bonds is 6. The minimum Gasteiger partial charge on any atom is -0.300 e. The van der Waals surface area contributed by atoms with E-state index in [0.717, 1.165) is 22.9 Å². The monoisotopic (exact) mass is 286 g/mol. The van der Waals surface area contributed by atoms with Crippen LogP contribution < -0.4 is 0 Å². The van der Waals surface area contributed by atoms with Gasteiger partial charge in [-0.05, 0) is 43.0 Å². The molecule has 16 heavy (non-hydrogen) atoms. The standard InChI is InChI=1S/C13H16BrFO/c1-10-9-12(15)6-4-11(10)5-7-13(16)3-2-8-14/h4,6,9H,2-3,5,7-8H2,1H3. The van der Waals surface area contributed by atoms with Crippen LogP contribution in [0.5, 0.6) is 0 Å². The lowest BCUT2D eigenvalue weighted by atomic mass is 10.0. The topological polar surface area (TPSA) is 17.1 Å². The lowest BCUT2D eigenvalue weighted by Crippen LogP contribution is -2.01. The molecule has 0 aromatic heterocycles. The number of Topliss-reactive ketones (excluding diaryl/α,β-unsaturated/α-hetero) is 1. The van der Waals surface area contributed by atoms with Crippen LogP contribution in [-0.2, 0) is 11.2 Å². The minimum atomic E-state index is -0.216. The first-order valence-corrected chi connectivity index (χ1v) is 6.58. The lowest BCUT2D eigenvalue weighted by molar-refractivity contribution is -0.119. The molecule has 0 fully saturated rings. The summed E-state index contributed by atoms with van der Waals surface area (Å²) in [6.07, 6.45) is 2.79. The molecule has 0 amide bonds. The van der Waals surface area contributed by atoms with Crippen LogP contribution in [0.2, 0.25) is 0 Å². The summed E-state index contributed by atoms with van der Waals surface area (Å²) in [5.74, 6) is 0.0649. The maximum atomic E-state index is 12.8. The Labute approximate surface area is 104 Å². The average Bonchev–Trinajstić information content (AvgIpc) is 2.25. The van der Waals surface area contributed by atoms with Crippen LogP contribution in [0.4, 0.5) is 4.39 Å². The number of alkyl halides is 1. The quantitative estimate of drug-likeness (QED) is 0.727. The first-order chi connectivity index (χ1) is 7.63. The molecule has 88 valence electrons. The number of hydrogen-bond acceptors (Lipinski definition) is 1. The molecule has 0 saturated carbocycles. The van der Waals surface area contributed by atoms with Crippen LogP contribution in [0.1, 0.15) is 30.4 Å². The fourth-order valence-electron chi connectivity index (χ4n) is 1.60. The minimum absolute atomic E-state index is 0.216. The Morgan fingerprint density at radius 1 is 1.38 bits per heavy atom. The van der Waals surface area contributed by atoms with Gasteiger partial charge in [0, 0.05) is 18.2 Å². The predicted molar refractivity (Wildman–Crippen MR) is 67.5 cm³/mol. The van der Waals surface area contributed by atoms with E-state index in [-0.39, 0.29) is 11.6 Å². The largest absolute Gasteiger partial charge is 0.300 e. The summed E-state index contributed by atoms with van der Waals surface area (Å²) in [7, 11) is 0. The van der Waals surface area contributed by atoms with E-state index in [1.807, 2.05) is 6.92 Å². The Balaban J connectivity index is 2.45. The maximum Gasteiger partial charge on any atom is 0.133 e. The molecular weight excluding hydrogens is 271 g/mol. The van der Waals surface area contributed by atoms with Crippen molar-refractivity contribution in [2.75, 3.05) is 5.33 Å². The van der Waals surface area contributed by atoms with Gasteiger partial charge in [-0.2, -0.15) is 0 Å². The van der Waals surface area contributed by atoms with Crippen molar-refractivity contribution in [1.29, 1.82) is 0 Å². The van der Waals surface area contributed by atoms with Crippen molar-refractivity contribution in [3.05, 3.63) is 35.1 Å². The van der Waals surface area contributed by atoms with Crippen LogP contribution in [0.3, 0.4) is 0 Å². The highest BCUT2D eigenvalue weighted by Crippen LogP contribution is 2.13. The van der Waals surface area contributed by atoms with Gasteiger partial charge in [0.25, 0.3) is 0 Å².